The van der Waals surface area contributed by atoms with Crippen LogP contribution in [0.4, 0.5) is 0 Å². The van der Waals surface area contributed by atoms with E-state index < -0.39 is 12.1 Å². The SMILES string of the molecule is CCC(C)[C@H](NC(=O)[C@@H]1CSC2c3ccccc3C(=O)N21)C(=O)NC1CCCCCC1. The average molecular weight is 444 g/mol. The quantitative estimate of drug-likeness (QED) is 0.658. The maximum absolute atomic E-state index is 13.3. The van der Waals surface area contributed by atoms with Crippen LogP contribution in [-0.4, -0.2) is 46.5 Å². The van der Waals surface area contributed by atoms with Crippen LogP contribution in [0.25, 0.3) is 0 Å². The van der Waals surface area contributed by atoms with Crippen LogP contribution in [-0.2, 0) is 9.59 Å². The van der Waals surface area contributed by atoms with E-state index >= 15 is 0 Å². The fraction of sp³-hybridized carbons (Fsp3) is 0.625. The molecule has 1 saturated heterocycles. The van der Waals surface area contributed by atoms with Gasteiger partial charge in [-0.1, -0.05) is 64.2 Å². The number of carbonyl (C=O) groups is 3. The Morgan fingerprint density at radius 2 is 1.87 bits per heavy atom. The van der Waals surface area contributed by atoms with E-state index in [2.05, 4.69) is 10.6 Å². The highest BCUT2D eigenvalue weighted by atomic mass is 32.2. The van der Waals surface area contributed by atoms with E-state index in [1.165, 1.54) is 12.8 Å². The summed E-state index contributed by atoms with van der Waals surface area (Å²) in [4.78, 5) is 41.0. The number of amides is 3. The van der Waals surface area contributed by atoms with Crippen LogP contribution in [0.5, 0.6) is 0 Å². The van der Waals surface area contributed by atoms with Crippen LogP contribution < -0.4 is 10.6 Å². The zero-order valence-electron chi connectivity index (χ0n) is 18.4. The van der Waals surface area contributed by atoms with Gasteiger partial charge in [0.15, 0.2) is 0 Å². The van der Waals surface area contributed by atoms with E-state index in [9.17, 15) is 14.4 Å². The first kappa shape index (κ1) is 22.2. The minimum absolute atomic E-state index is 0.0195. The van der Waals surface area contributed by atoms with Crippen LogP contribution in [0.2, 0.25) is 0 Å². The van der Waals surface area contributed by atoms with E-state index in [-0.39, 0.29) is 35.1 Å². The van der Waals surface area contributed by atoms with Crippen LogP contribution >= 0.6 is 11.8 Å². The number of hydrogen-bond donors (Lipinski definition) is 2. The van der Waals surface area contributed by atoms with Gasteiger partial charge in [-0.25, -0.2) is 0 Å². The molecule has 1 aromatic rings. The van der Waals surface area contributed by atoms with Gasteiger partial charge in [0, 0.05) is 17.4 Å². The highest BCUT2D eigenvalue weighted by Crippen LogP contribution is 2.48. The Morgan fingerprint density at radius 1 is 1.16 bits per heavy atom. The number of nitrogens with zero attached hydrogens (tertiary/aromatic N) is 1. The molecular formula is C24H33N3O3S. The molecule has 1 aromatic carbocycles. The number of carbonyl (C=O) groups excluding carboxylic acids is 3. The highest BCUT2D eigenvalue weighted by Gasteiger charge is 2.48. The first-order chi connectivity index (χ1) is 15.0. The summed E-state index contributed by atoms with van der Waals surface area (Å²) in [6, 6.07) is 6.65. The van der Waals surface area contributed by atoms with Gasteiger partial charge in [0.05, 0.1) is 0 Å². The topological polar surface area (TPSA) is 78.5 Å². The molecule has 6 nitrogen and oxygen atoms in total. The molecule has 1 aliphatic carbocycles. The fourth-order valence-corrected chi connectivity index (χ4v) is 6.37. The lowest BCUT2D eigenvalue weighted by Gasteiger charge is -2.29. The van der Waals surface area contributed by atoms with E-state index in [1.54, 1.807) is 16.7 Å². The highest BCUT2D eigenvalue weighted by molar-refractivity contribution is 7.99. The molecule has 2 fully saturated rings. The maximum Gasteiger partial charge on any atom is 0.256 e. The Labute approximate surface area is 188 Å². The molecule has 0 aromatic heterocycles. The minimum atomic E-state index is -0.579. The monoisotopic (exact) mass is 443 g/mol. The summed E-state index contributed by atoms with van der Waals surface area (Å²) in [7, 11) is 0. The second-order valence-corrected chi connectivity index (χ2v) is 10.2. The van der Waals surface area contributed by atoms with Crippen molar-refractivity contribution in [2.24, 2.45) is 5.92 Å². The second-order valence-electron chi connectivity index (χ2n) is 9.07. The molecule has 168 valence electrons. The summed E-state index contributed by atoms with van der Waals surface area (Å²) < 4.78 is 0. The van der Waals surface area contributed by atoms with Gasteiger partial charge in [-0.2, -0.15) is 0 Å². The Morgan fingerprint density at radius 3 is 2.58 bits per heavy atom. The molecule has 4 atom stereocenters. The summed E-state index contributed by atoms with van der Waals surface area (Å²) in [5.74, 6) is 0.165. The molecule has 1 saturated carbocycles. The van der Waals surface area contributed by atoms with Gasteiger partial charge in [0.1, 0.15) is 17.5 Å². The summed E-state index contributed by atoms with van der Waals surface area (Å²) in [6.07, 6.45) is 7.55. The molecule has 3 amide bonds. The van der Waals surface area contributed by atoms with Crippen molar-refractivity contribution in [2.45, 2.75) is 82.3 Å². The van der Waals surface area contributed by atoms with E-state index in [0.29, 0.717) is 11.3 Å². The zero-order valence-corrected chi connectivity index (χ0v) is 19.2. The van der Waals surface area contributed by atoms with Crippen molar-refractivity contribution in [1.29, 1.82) is 0 Å². The predicted molar refractivity (Wildman–Crippen MR) is 123 cm³/mol. The van der Waals surface area contributed by atoms with Gasteiger partial charge in [-0.3, -0.25) is 14.4 Å². The Balaban J connectivity index is 1.44. The van der Waals surface area contributed by atoms with Gasteiger partial charge in [0.2, 0.25) is 11.8 Å². The van der Waals surface area contributed by atoms with Crippen molar-refractivity contribution < 1.29 is 14.4 Å². The van der Waals surface area contributed by atoms with Crippen molar-refractivity contribution in [3.8, 4) is 0 Å². The van der Waals surface area contributed by atoms with Gasteiger partial charge < -0.3 is 15.5 Å². The number of thioether (sulfide) groups is 1. The summed E-state index contributed by atoms with van der Waals surface area (Å²) in [6.45, 7) is 4.03. The van der Waals surface area contributed by atoms with Crippen molar-refractivity contribution in [2.75, 3.05) is 5.75 Å². The normalized spacial score (nSPS) is 25.4. The lowest BCUT2D eigenvalue weighted by molar-refractivity contribution is -0.132. The van der Waals surface area contributed by atoms with Gasteiger partial charge in [-0.05, 0) is 30.4 Å². The molecule has 2 unspecified atom stereocenters. The predicted octanol–water partition coefficient (Wildman–Crippen LogP) is 3.63. The fourth-order valence-electron chi connectivity index (χ4n) is 4.91. The van der Waals surface area contributed by atoms with Crippen LogP contribution in [0.1, 0.15) is 80.1 Å². The van der Waals surface area contributed by atoms with Crippen LogP contribution in [0.3, 0.4) is 0 Å². The van der Waals surface area contributed by atoms with Crippen LogP contribution in [0, 0.1) is 5.92 Å². The molecule has 2 heterocycles. The average Bonchev–Trinajstić information content (AvgIpc) is 3.22. The third kappa shape index (κ3) is 4.47. The smallest absolute Gasteiger partial charge is 0.256 e. The summed E-state index contributed by atoms with van der Waals surface area (Å²) in [5, 5.41) is 6.11. The number of fused-ring (bicyclic) bond motifs is 3. The van der Waals surface area contributed by atoms with Crippen molar-refractivity contribution in [3.05, 3.63) is 35.4 Å². The molecule has 0 bridgehead atoms. The van der Waals surface area contributed by atoms with E-state index in [4.69, 9.17) is 0 Å². The first-order valence-electron chi connectivity index (χ1n) is 11.6. The molecule has 2 N–H and O–H groups in total. The Bertz CT molecular complexity index is 837. The van der Waals surface area contributed by atoms with E-state index in [0.717, 1.165) is 37.7 Å². The molecule has 31 heavy (non-hydrogen) atoms. The third-order valence-electron chi connectivity index (χ3n) is 6.99. The lowest BCUT2D eigenvalue weighted by Crippen LogP contribution is -2.56. The molecule has 2 aliphatic heterocycles. The zero-order chi connectivity index (χ0) is 22.0. The van der Waals surface area contributed by atoms with Crippen molar-refractivity contribution in [3.63, 3.8) is 0 Å². The largest absolute Gasteiger partial charge is 0.352 e. The van der Waals surface area contributed by atoms with Crippen molar-refractivity contribution in [1.82, 2.24) is 15.5 Å². The second kappa shape index (κ2) is 9.63. The summed E-state index contributed by atoms with van der Waals surface area (Å²) >= 11 is 1.62. The van der Waals surface area contributed by atoms with E-state index in [1.807, 2.05) is 38.1 Å². The standard InChI is InChI=1S/C24H33N3O3S/c1-3-15(2)20(22(29)25-16-10-6-4-5-7-11-16)26-21(28)19-14-31-24-18-13-9-8-12-17(18)23(30)27(19)24/h8-9,12-13,15-16,19-20,24H,3-7,10-11,14H2,1-2H3,(H,25,29)(H,26,28)/t15?,19-,20-,24?/m0/s1. The summed E-state index contributed by atoms with van der Waals surface area (Å²) in [5.41, 5.74) is 1.67. The number of hydrogen-bond acceptors (Lipinski definition) is 4. The van der Waals surface area contributed by atoms with Gasteiger partial charge in [0.25, 0.3) is 5.91 Å². The first-order valence-corrected chi connectivity index (χ1v) is 12.7. The maximum atomic E-state index is 13.3. The van der Waals surface area contributed by atoms with Gasteiger partial charge >= 0.3 is 0 Å². The van der Waals surface area contributed by atoms with Crippen molar-refractivity contribution >= 4 is 29.5 Å². The van der Waals surface area contributed by atoms with Gasteiger partial charge in [-0.15, -0.1) is 11.8 Å². The Kier molecular flexibility index (Phi) is 6.89. The number of rotatable bonds is 6. The molecular weight excluding hydrogens is 410 g/mol. The molecule has 4 rings (SSSR count). The molecule has 7 heteroatoms. The Hall–Kier alpha value is -2.02. The minimum Gasteiger partial charge on any atom is -0.352 e. The number of benzene rings is 1. The number of nitrogens with one attached hydrogen (secondary N) is 2. The molecule has 3 aliphatic rings. The molecule has 0 radical (unpaired) electrons. The third-order valence-corrected chi connectivity index (χ3v) is 8.29. The molecule has 0 spiro atoms. The van der Waals surface area contributed by atoms with Crippen LogP contribution in [0.15, 0.2) is 24.3 Å². The lowest BCUT2D eigenvalue weighted by atomic mass is 9.97.